The Bertz CT molecular complexity index is 1260. The van der Waals surface area contributed by atoms with Crippen LogP contribution in [0.25, 0.3) is 17.9 Å². The fourth-order valence-corrected chi connectivity index (χ4v) is 14.8. The van der Waals surface area contributed by atoms with Crippen molar-refractivity contribution in [1.82, 2.24) is 0 Å². The van der Waals surface area contributed by atoms with Crippen LogP contribution in [0.3, 0.4) is 0 Å². The van der Waals surface area contributed by atoms with Gasteiger partial charge in [0.25, 0.3) is 0 Å². The standard InChI is InChI=1S/C36H32Se4/c1-5-15-29(16-6-1)33-27-34(30-17-7-2-8-18-30)38-25-14-26-40-36(32-21-11-4-12-22-32)28-35(39-24-13-23-37-33)31-19-9-3-10-20-31/h1-12,15-22H,13-14,23-26H2. The molecule has 0 saturated carbocycles. The van der Waals surface area contributed by atoms with E-state index in [1.165, 1.54) is 74.3 Å². The SMILES string of the molecule is C1=C(c2ccccc2)[Se]CCC[Se]C(c2ccccc2)=C=C(c2ccccc2)[Se]CCC[Se]C=1c1ccccc1. The van der Waals surface area contributed by atoms with Gasteiger partial charge >= 0.3 is 267 Å². The van der Waals surface area contributed by atoms with Crippen LogP contribution < -0.4 is 0 Å². The summed E-state index contributed by atoms with van der Waals surface area (Å²) in [6.07, 6.45) is 2.52. The molecule has 4 aromatic rings. The minimum absolute atomic E-state index is 0.398. The molecule has 1 heterocycles. The summed E-state index contributed by atoms with van der Waals surface area (Å²) in [6.45, 7) is 0. The van der Waals surface area contributed by atoms with Crippen LogP contribution in [0.1, 0.15) is 35.1 Å². The second kappa shape index (κ2) is 16.4. The average molecular weight is 780 g/mol. The predicted octanol–water partition coefficient (Wildman–Crippen LogP) is 8.63. The van der Waals surface area contributed by atoms with Gasteiger partial charge in [0.1, 0.15) is 0 Å². The van der Waals surface area contributed by atoms with E-state index in [2.05, 4.69) is 133 Å². The molecular formula is C36H32Se4. The Morgan fingerprint density at radius 1 is 0.325 bits per heavy atom. The molecule has 0 bridgehead atoms. The average Bonchev–Trinajstić information content (AvgIpc) is 3.02. The normalized spacial score (nSPS) is 15.8. The fourth-order valence-electron chi connectivity index (χ4n) is 4.15. The number of hydrogen-bond acceptors (Lipinski definition) is 0. The Hall–Kier alpha value is -2.00. The van der Waals surface area contributed by atoms with E-state index < -0.39 is 0 Å². The van der Waals surface area contributed by atoms with Gasteiger partial charge in [-0.15, -0.1) is 0 Å². The summed E-state index contributed by atoms with van der Waals surface area (Å²) in [4.78, 5) is 0. The minimum atomic E-state index is 0.398. The summed E-state index contributed by atoms with van der Waals surface area (Å²) < 4.78 is 5.73. The zero-order chi connectivity index (χ0) is 27.2. The maximum absolute atomic E-state index is 4.01. The van der Waals surface area contributed by atoms with Crippen molar-refractivity contribution in [3.63, 3.8) is 0 Å². The van der Waals surface area contributed by atoms with Crippen molar-refractivity contribution in [2.45, 2.75) is 34.1 Å². The van der Waals surface area contributed by atoms with Gasteiger partial charge in [-0.25, -0.2) is 0 Å². The third-order valence-electron chi connectivity index (χ3n) is 6.16. The molecule has 0 fully saturated rings. The van der Waals surface area contributed by atoms with Crippen LogP contribution in [0.15, 0.2) is 133 Å². The van der Waals surface area contributed by atoms with Crippen LogP contribution >= 0.6 is 0 Å². The van der Waals surface area contributed by atoms with E-state index in [1.807, 2.05) is 0 Å². The van der Waals surface area contributed by atoms with E-state index in [-0.39, 0.29) is 0 Å². The zero-order valence-electron chi connectivity index (χ0n) is 22.4. The van der Waals surface area contributed by atoms with E-state index in [4.69, 9.17) is 0 Å². The monoisotopic (exact) mass is 784 g/mol. The molecular weight excluding hydrogens is 748 g/mol. The zero-order valence-corrected chi connectivity index (χ0v) is 29.3. The Kier molecular flexibility index (Phi) is 12.1. The Labute approximate surface area is 264 Å². The summed E-state index contributed by atoms with van der Waals surface area (Å²) in [7, 11) is 0. The first-order chi connectivity index (χ1) is 19.9. The van der Waals surface area contributed by atoms with Crippen LogP contribution in [0.4, 0.5) is 0 Å². The molecule has 0 amide bonds. The summed E-state index contributed by atoms with van der Waals surface area (Å²) in [5.74, 6) is 0. The topological polar surface area (TPSA) is 0 Å². The molecule has 0 N–H and O–H groups in total. The van der Waals surface area contributed by atoms with Gasteiger partial charge in [-0.3, -0.25) is 0 Å². The fraction of sp³-hybridized carbons (Fsp3) is 0.167. The van der Waals surface area contributed by atoms with Crippen LogP contribution in [0.5, 0.6) is 0 Å². The third-order valence-corrected chi connectivity index (χ3v) is 15.6. The second-order valence-corrected chi connectivity index (χ2v) is 18.4. The van der Waals surface area contributed by atoms with Crippen LogP contribution in [-0.4, -0.2) is 59.8 Å². The molecule has 0 saturated heterocycles. The number of rotatable bonds is 4. The summed E-state index contributed by atoms with van der Waals surface area (Å²) >= 11 is 1.59. The summed E-state index contributed by atoms with van der Waals surface area (Å²) in [6, 6.07) is 44.1. The molecule has 4 aromatic carbocycles. The van der Waals surface area contributed by atoms with Crippen molar-refractivity contribution in [3.8, 4) is 0 Å². The van der Waals surface area contributed by atoms with Crippen LogP contribution in [0.2, 0.25) is 21.3 Å². The quantitative estimate of drug-likeness (QED) is 0.144. The number of hydrogen-bond donors (Lipinski definition) is 0. The molecule has 0 atom stereocenters. The molecule has 0 radical (unpaired) electrons. The molecule has 0 aromatic heterocycles. The summed E-state index contributed by atoms with van der Waals surface area (Å²) in [5, 5.41) is 5.01. The van der Waals surface area contributed by atoms with E-state index in [9.17, 15) is 0 Å². The van der Waals surface area contributed by atoms with Gasteiger partial charge in [-0.2, -0.15) is 0 Å². The van der Waals surface area contributed by atoms with Gasteiger partial charge < -0.3 is 0 Å². The Balaban J connectivity index is 1.48. The molecule has 0 aliphatic carbocycles. The molecule has 1 aliphatic heterocycles. The van der Waals surface area contributed by atoms with Crippen molar-refractivity contribution in [3.05, 3.63) is 155 Å². The van der Waals surface area contributed by atoms with Crippen LogP contribution in [-0.2, 0) is 0 Å². The van der Waals surface area contributed by atoms with E-state index in [0.29, 0.717) is 59.8 Å². The van der Waals surface area contributed by atoms with Gasteiger partial charge in [0.05, 0.1) is 0 Å². The van der Waals surface area contributed by atoms with Crippen molar-refractivity contribution in [1.29, 1.82) is 0 Å². The van der Waals surface area contributed by atoms with Gasteiger partial charge in [0, 0.05) is 0 Å². The van der Waals surface area contributed by atoms with E-state index >= 15 is 0 Å². The Morgan fingerprint density at radius 3 is 0.775 bits per heavy atom. The number of benzene rings is 4. The van der Waals surface area contributed by atoms with Crippen molar-refractivity contribution < 1.29 is 0 Å². The van der Waals surface area contributed by atoms with Crippen molar-refractivity contribution in [2.75, 3.05) is 0 Å². The van der Waals surface area contributed by atoms with E-state index in [1.54, 1.807) is 0 Å². The Morgan fingerprint density at radius 2 is 0.550 bits per heavy atom. The van der Waals surface area contributed by atoms with E-state index in [0.717, 1.165) is 0 Å². The summed E-state index contributed by atoms with van der Waals surface area (Å²) in [5.41, 5.74) is 13.4. The van der Waals surface area contributed by atoms with Gasteiger partial charge in [0.15, 0.2) is 0 Å². The first-order valence-corrected chi connectivity index (χ1v) is 21.9. The molecule has 0 unspecified atom stereocenters. The molecule has 200 valence electrons. The maximum atomic E-state index is 4.01. The first kappa shape index (κ1) is 29.5. The molecule has 4 heteroatoms. The van der Waals surface area contributed by atoms with Crippen LogP contribution in [0, 0.1) is 0 Å². The molecule has 40 heavy (non-hydrogen) atoms. The van der Waals surface area contributed by atoms with Crippen molar-refractivity contribution in [2.24, 2.45) is 0 Å². The third kappa shape index (κ3) is 9.00. The molecule has 0 spiro atoms. The second-order valence-electron chi connectivity index (χ2n) is 9.13. The van der Waals surface area contributed by atoms with Gasteiger partial charge in [-0.05, 0) is 0 Å². The first-order valence-electron chi connectivity index (χ1n) is 13.6. The van der Waals surface area contributed by atoms with Gasteiger partial charge in [0.2, 0.25) is 0 Å². The molecule has 5 rings (SSSR count). The molecule has 1 aliphatic rings. The molecule has 0 nitrogen and oxygen atoms in total. The predicted molar refractivity (Wildman–Crippen MR) is 178 cm³/mol. The van der Waals surface area contributed by atoms with Crippen molar-refractivity contribution >= 4 is 77.7 Å². The van der Waals surface area contributed by atoms with Gasteiger partial charge in [-0.1, -0.05) is 0 Å².